The molecule has 3 N–H and O–H groups in total. The second-order valence-corrected chi connectivity index (χ2v) is 5.21. The topological polar surface area (TPSA) is 92.5 Å². The largest absolute Gasteiger partial charge is 0.369 e. The Kier molecular flexibility index (Phi) is 6.65. The van der Waals surface area contributed by atoms with Crippen molar-refractivity contribution in [3.63, 3.8) is 0 Å². The maximum absolute atomic E-state index is 11.6. The number of nitrogens with zero attached hydrogens (tertiary/aromatic N) is 1. The minimum absolute atomic E-state index is 0.0922. The zero-order valence-electron chi connectivity index (χ0n) is 12.4. The molecule has 0 fully saturated rings. The van der Waals surface area contributed by atoms with E-state index in [0.717, 1.165) is 19.3 Å². The summed E-state index contributed by atoms with van der Waals surface area (Å²) in [6, 6.07) is 0. The predicted octanol–water partition coefficient (Wildman–Crippen LogP) is 0.697. The highest BCUT2D eigenvalue weighted by molar-refractivity contribution is 5.93. The summed E-state index contributed by atoms with van der Waals surface area (Å²) >= 11 is 0. The highest BCUT2D eigenvalue weighted by Gasteiger charge is 2.18. The highest BCUT2D eigenvalue weighted by Crippen LogP contribution is 2.12. The number of carbonyl (C=O) groups excluding carboxylic acids is 3. The first kappa shape index (κ1) is 16.9. The Balaban J connectivity index is 2.08. The Bertz CT molecular complexity index is 439. The Morgan fingerprint density at radius 3 is 2.67 bits per heavy atom. The summed E-state index contributed by atoms with van der Waals surface area (Å²) in [7, 11) is 0. The van der Waals surface area contributed by atoms with Gasteiger partial charge in [0.2, 0.25) is 11.8 Å². The van der Waals surface area contributed by atoms with Gasteiger partial charge in [-0.05, 0) is 18.9 Å². The molecule has 1 aliphatic heterocycles. The van der Waals surface area contributed by atoms with Gasteiger partial charge in [0.1, 0.15) is 0 Å². The molecule has 0 bridgehead atoms. The van der Waals surface area contributed by atoms with Gasteiger partial charge in [-0.25, -0.2) is 0 Å². The molecule has 0 aromatic heterocycles. The predicted molar refractivity (Wildman–Crippen MR) is 79.8 cm³/mol. The van der Waals surface area contributed by atoms with E-state index in [1.807, 2.05) is 0 Å². The fraction of sp³-hybridized carbons (Fsp3) is 0.533. The molecule has 0 radical (unpaired) electrons. The fourth-order valence-corrected chi connectivity index (χ4v) is 1.99. The quantitative estimate of drug-likeness (QED) is 0.613. The van der Waals surface area contributed by atoms with Gasteiger partial charge in [0.05, 0.1) is 0 Å². The normalized spacial score (nSPS) is 15.4. The number of rotatable bonds is 9. The minimum Gasteiger partial charge on any atom is -0.369 e. The van der Waals surface area contributed by atoms with Gasteiger partial charge in [0, 0.05) is 37.2 Å². The van der Waals surface area contributed by atoms with Crippen molar-refractivity contribution in [1.29, 1.82) is 0 Å². The number of amides is 3. The lowest BCUT2D eigenvalue weighted by atomic mass is 10.0. The van der Waals surface area contributed by atoms with Crippen molar-refractivity contribution in [1.82, 2.24) is 10.2 Å². The van der Waals surface area contributed by atoms with E-state index in [0.29, 0.717) is 18.8 Å². The van der Waals surface area contributed by atoms with Crippen LogP contribution in [0.2, 0.25) is 0 Å². The van der Waals surface area contributed by atoms with Gasteiger partial charge in [-0.3, -0.25) is 14.4 Å². The van der Waals surface area contributed by atoms with Crippen LogP contribution in [0.5, 0.6) is 0 Å². The molecule has 0 aliphatic carbocycles. The second kappa shape index (κ2) is 8.24. The molecule has 1 rings (SSSR count). The molecule has 0 aromatic carbocycles. The molecular weight excluding hydrogens is 270 g/mol. The van der Waals surface area contributed by atoms with Gasteiger partial charge in [-0.15, -0.1) is 0 Å². The van der Waals surface area contributed by atoms with E-state index >= 15 is 0 Å². The summed E-state index contributed by atoms with van der Waals surface area (Å²) in [5, 5.41) is 2.80. The van der Waals surface area contributed by atoms with E-state index in [-0.39, 0.29) is 30.1 Å². The SMILES string of the molecule is C=C1C=CC(=O)N1CCC(=O)NCCCC[C@H](C)C(N)=O. The van der Waals surface area contributed by atoms with Crippen molar-refractivity contribution < 1.29 is 14.4 Å². The van der Waals surface area contributed by atoms with Gasteiger partial charge in [0.15, 0.2) is 0 Å². The van der Waals surface area contributed by atoms with Crippen LogP contribution >= 0.6 is 0 Å². The van der Waals surface area contributed by atoms with Crippen LogP contribution in [0, 0.1) is 5.92 Å². The first-order chi connectivity index (χ1) is 9.91. The molecule has 21 heavy (non-hydrogen) atoms. The van der Waals surface area contributed by atoms with E-state index in [2.05, 4.69) is 11.9 Å². The summed E-state index contributed by atoms with van der Waals surface area (Å²) in [5.41, 5.74) is 5.79. The number of allylic oxidation sites excluding steroid dienone is 1. The van der Waals surface area contributed by atoms with E-state index in [9.17, 15) is 14.4 Å². The molecule has 6 nitrogen and oxygen atoms in total. The van der Waals surface area contributed by atoms with Gasteiger partial charge in [-0.2, -0.15) is 0 Å². The first-order valence-electron chi connectivity index (χ1n) is 7.16. The molecule has 6 heteroatoms. The molecule has 1 atom stereocenters. The molecule has 0 aromatic rings. The van der Waals surface area contributed by atoms with Crippen molar-refractivity contribution in [2.24, 2.45) is 11.7 Å². The number of unbranched alkanes of at least 4 members (excludes halogenated alkanes) is 1. The lowest BCUT2D eigenvalue weighted by molar-refractivity contribution is -0.125. The molecule has 0 spiro atoms. The smallest absolute Gasteiger partial charge is 0.251 e. The number of primary amides is 1. The summed E-state index contributed by atoms with van der Waals surface area (Å²) < 4.78 is 0. The number of nitrogens with two attached hydrogens (primary N) is 1. The molecule has 0 saturated carbocycles. The first-order valence-corrected chi connectivity index (χ1v) is 7.16. The van der Waals surface area contributed by atoms with Crippen molar-refractivity contribution in [2.75, 3.05) is 13.1 Å². The van der Waals surface area contributed by atoms with Crippen LogP contribution in [-0.4, -0.2) is 35.7 Å². The van der Waals surface area contributed by atoms with Crippen molar-refractivity contribution in [3.05, 3.63) is 24.4 Å². The molecule has 0 saturated heterocycles. The van der Waals surface area contributed by atoms with Crippen LogP contribution in [0.15, 0.2) is 24.4 Å². The van der Waals surface area contributed by atoms with E-state index in [1.165, 1.54) is 11.0 Å². The molecule has 1 aliphatic rings. The van der Waals surface area contributed by atoms with Crippen molar-refractivity contribution in [3.8, 4) is 0 Å². The Morgan fingerprint density at radius 2 is 2.10 bits per heavy atom. The second-order valence-electron chi connectivity index (χ2n) is 5.21. The van der Waals surface area contributed by atoms with Gasteiger partial charge < -0.3 is 16.0 Å². The molecule has 0 unspecified atom stereocenters. The van der Waals surface area contributed by atoms with Crippen LogP contribution < -0.4 is 11.1 Å². The summed E-state index contributed by atoms with van der Waals surface area (Å²) in [4.78, 5) is 35.4. The van der Waals surface area contributed by atoms with Crippen molar-refractivity contribution >= 4 is 17.7 Å². The van der Waals surface area contributed by atoms with Crippen LogP contribution in [0.4, 0.5) is 0 Å². The van der Waals surface area contributed by atoms with Crippen LogP contribution in [-0.2, 0) is 14.4 Å². The molecule has 3 amide bonds. The van der Waals surface area contributed by atoms with Crippen LogP contribution in [0.25, 0.3) is 0 Å². The molecule has 116 valence electrons. The van der Waals surface area contributed by atoms with Crippen molar-refractivity contribution in [2.45, 2.75) is 32.6 Å². The summed E-state index contributed by atoms with van der Waals surface area (Å²) in [5.74, 6) is -0.637. The van der Waals surface area contributed by atoms with Gasteiger partial charge >= 0.3 is 0 Å². The van der Waals surface area contributed by atoms with Gasteiger partial charge in [0.25, 0.3) is 5.91 Å². The van der Waals surface area contributed by atoms with Gasteiger partial charge in [-0.1, -0.05) is 19.9 Å². The lowest BCUT2D eigenvalue weighted by Crippen LogP contribution is -2.31. The number of hydrogen-bond acceptors (Lipinski definition) is 3. The maximum Gasteiger partial charge on any atom is 0.251 e. The third-order valence-electron chi connectivity index (χ3n) is 3.47. The van der Waals surface area contributed by atoms with E-state index in [4.69, 9.17) is 5.73 Å². The third kappa shape index (κ3) is 5.81. The Hall–Kier alpha value is -2.11. The number of carbonyl (C=O) groups is 3. The Morgan fingerprint density at radius 1 is 1.38 bits per heavy atom. The number of nitrogens with one attached hydrogen (secondary N) is 1. The zero-order chi connectivity index (χ0) is 15.8. The molecule has 1 heterocycles. The van der Waals surface area contributed by atoms with E-state index in [1.54, 1.807) is 13.0 Å². The summed E-state index contributed by atoms with van der Waals surface area (Å²) in [6.07, 6.45) is 5.72. The average molecular weight is 293 g/mol. The van der Waals surface area contributed by atoms with Crippen LogP contribution in [0.3, 0.4) is 0 Å². The lowest BCUT2D eigenvalue weighted by Gasteiger charge is -2.16. The molecular formula is C15H23N3O3. The minimum atomic E-state index is -0.289. The number of hydrogen-bond donors (Lipinski definition) is 2. The maximum atomic E-state index is 11.6. The Labute approximate surface area is 125 Å². The van der Waals surface area contributed by atoms with Crippen LogP contribution in [0.1, 0.15) is 32.6 Å². The summed E-state index contributed by atoms with van der Waals surface area (Å²) in [6.45, 7) is 6.44. The highest BCUT2D eigenvalue weighted by atomic mass is 16.2. The fourth-order valence-electron chi connectivity index (χ4n) is 1.99. The van der Waals surface area contributed by atoms with E-state index < -0.39 is 0 Å². The zero-order valence-corrected chi connectivity index (χ0v) is 12.4. The standard InChI is InChI=1S/C15H23N3O3/c1-11(15(16)21)5-3-4-9-17-13(19)8-10-18-12(2)6-7-14(18)20/h6-7,11H,2-5,8-10H2,1H3,(H2,16,21)(H,17,19)/t11-/m0/s1. The monoisotopic (exact) mass is 293 g/mol. The third-order valence-corrected chi connectivity index (χ3v) is 3.47. The average Bonchev–Trinajstić information content (AvgIpc) is 2.75.